The highest BCUT2D eigenvalue weighted by Gasteiger charge is 2.28. The van der Waals surface area contributed by atoms with Crippen LogP contribution in [0.1, 0.15) is 129 Å². The van der Waals surface area contributed by atoms with E-state index in [1.54, 1.807) is 0 Å². The fraction of sp³-hybridized carbons (Fsp3) is 0.658. The summed E-state index contributed by atoms with van der Waals surface area (Å²) in [5.74, 6) is -2.46. The zero-order chi connectivity index (χ0) is 37.1. The molecule has 0 aliphatic rings. The first-order chi connectivity index (χ1) is 24.1. The van der Waals surface area contributed by atoms with Gasteiger partial charge in [0.2, 0.25) is 0 Å². The van der Waals surface area contributed by atoms with Crippen LogP contribution in [-0.4, -0.2) is 59.9 Å². The molecule has 11 nitrogen and oxygen atoms in total. The lowest BCUT2D eigenvalue weighted by molar-refractivity contribution is -0.161. The molecule has 0 aromatic rings. The molecule has 0 radical (unpaired) electrons. The minimum atomic E-state index is -4.72. The van der Waals surface area contributed by atoms with E-state index in [1.165, 1.54) is 12.8 Å². The summed E-state index contributed by atoms with van der Waals surface area (Å²) >= 11 is 0. The molecule has 12 heteroatoms. The second-order valence-corrected chi connectivity index (χ2v) is 13.4. The van der Waals surface area contributed by atoms with Crippen molar-refractivity contribution in [3.8, 4) is 0 Å². The van der Waals surface area contributed by atoms with Crippen molar-refractivity contribution in [3.63, 3.8) is 0 Å². The van der Waals surface area contributed by atoms with Crippen LogP contribution in [0.3, 0.4) is 0 Å². The number of ether oxygens (including phenoxy) is 2. The molecule has 0 aromatic heterocycles. The molecule has 4 N–H and O–H groups in total. The normalized spacial score (nSPS) is 14.6. The monoisotopic (exact) mass is 725 g/mol. The summed E-state index contributed by atoms with van der Waals surface area (Å²) in [6.07, 6.45) is 35.9. The van der Waals surface area contributed by atoms with E-state index in [4.69, 9.17) is 24.8 Å². The maximum absolute atomic E-state index is 12.5. The third-order valence-corrected chi connectivity index (χ3v) is 8.20. The molecule has 0 rings (SSSR count). The van der Waals surface area contributed by atoms with Crippen molar-refractivity contribution in [1.29, 1.82) is 0 Å². The number of phosphoric acid groups is 1. The molecule has 3 atom stereocenters. The van der Waals surface area contributed by atoms with Crippen LogP contribution in [-0.2, 0) is 37.5 Å². The molecule has 0 amide bonds. The lowest BCUT2D eigenvalue weighted by Crippen LogP contribution is -2.34. The van der Waals surface area contributed by atoms with Crippen LogP contribution in [0, 0.1) is 0 Å². The first kappa shape index (κ1) is 47.2. The van der Waals surface area contributed by atoms with Crippen molar-refractivity contribution >= 4 is 25.7 Å². The average Bonchev–Trinajstić information content (AvgIpc) is 3.09. The molecule has 50 heavy (non-hydrogen) atoms. The quantitative estimate of drug-likeness (QED) is 0.0255. The van der Waals surface area contributed by atoms with E-state index in [0.29, 0.717) is 12.8 Å². The number of allylic oxidation sites excluding steroid dienone is 10. The van der Waals surface area contributed by atoms with E-state index in [0.717, 1.165) is 77.0 Å². The summed E-state index contributed by atoms with van der Waals surface area (Å²) in [4.78, 5) is 45.6. The summed E-state index contributed by atoms with van der Waals surface area (Å²) in [7, 11) is -4.72. The van der Waals surface area contributed by atoms with Crippen molar-refractivity contribution < 1.29 is 47.5 Å². The highest BCUT2D eigenvalue weighted by atomic mass is 31.2. The molecule has 3 unspecified atom stereocenters. The lowest BCUT2D eigenvalue weighted by atomic mass is 10.1. The third-order valence-electron chi connectivity index (χ3n) is 7.25. The number of esters is 2. The summed E-state index contributed by atoms with van der Waals surface area (Å²) in [5, 5.41) is 8.85. The molecule has 0 saturated heterocycles. The topological polar surface area (TPSA) is 172 Å². The van der Waals surface area contributed by atoms with Crippen LogP contribution in [0.4, 0.5) is 0 Å². The van der Waals surface area contributed by atoms with Crippen molar-refractivity contribution in [2.24, 2.45) is 5.73 Å². The van der Waals surface area contributed by atoms with E-state index in [2.05, 4.69) is 79.1 Å². The summed E-state index contributed by atoms with van der Waals surface area (Å²) in [6.45, 7) is 2.55. The molecule has 0 aliphatic carbocycles. The average molecular weight is 726 g/mol. The largest absolute Gasteiger partial charge is 0.480 e. The first-order valence-corrected chi connectivity index (χ1v) is 19.8. The molecular weight excluding hydrogens is 661 g/mol. The maximum atomic E-state index is 12.5. The van der Waals surface area contributed by atoms with Crippen LogP contribution in [0.5, 0.6) is 0 Å². The van der Waals surface area contributed by atoms with Gasteiger partial charge < -0.3 is 25.2 Å². The standard InChI is InChI=1S/C38H64NO10P/c1-3-5-7-9-11-13-15-16-17-18-20-22-24-26-28-30-37(41)49-34(32-47-50(44,45)48-33-35(39)38(42)43)31-46-36(40)29-27-25-23-21-19-14-12-10-8-6-4-2/h5,7,10-13,16-17,20,22,34-35H,3-4,6,8-9,14-15,18-19,21,23-33,39H2,1-2H3,(H,42,43)(H,44,45)/b7-5-,12-10-,13-11-,17-16-,22-20-. The number of carbonyl (C=O) groups excluding carboxylic acids is 2. The van der Waals surface area contributed by atoms with E-state index in [-0.39, 0.29) is 19.4 Å². The van der Waals surface area contributed by atoms with E-state index in [9.17, 15) is 23.8 Å². The number of carbonyl (C=O) groups is 3. The van der Waals surface area contributed by atoms with Gasteiger partial charge in [-0.2, -0.15) is 0 Å². The van der Waals surface area contributed by atoms with Gasteiger partial charge in [0.1, 0.15) is 12.6 Å². The van der Waals surface area contributed by atoms with Crippen LogP contribution < -0.4 is 5.73 Å². The van der Waals surface area contributed by atoms with Crippen molar-refractivity contribution in [2.75, 3.05) is 19.8 Å². The zero-order valence-corrected chi connectivity index (χ0v) is 31.4. The van der Waals surface area contributed by atoms with Crippen LogP contribution >= 0.6 is 7.82 Å². The molecule has 0 aromatic carbocycles. The molecule has 286 valence electrons. The summed E-state index contributed by atoms with van der Waals surface area (Å²) in [5.41, 5.74) is 5.30. The molecule has 0 heterocycles. The minimum Gasteiger partial charge on any atom is -0.480 e. The van der Waals surface area contributed by atoms with Gasteiger partial charge in [-0.1, -0.05) is 107 Å². The minimum absolute atomic E-state index is 0.104. The molecule has 0 aliphatic heterocycles. The number of rotatable bonds is 33. The number of nitrogens with two attached hydrogens (primary N) is 1. The Hall–Kier alpha value is -2.82. The predicted octanol–water partition coefficient (Wildman–Crippen LogP) is 8.83. The van der Waals surface area contributed by atoms with Gasteiger partial charge in [0.05, 0.1) is 13.2 Å². The smallest absolute Gasteiger partial charge is 0.472 e. The van der Waals surface area contributed by atoms with Gasteiger partial charge in [0.25, 0.3) is 0 Å². The Morgan fingerprint density at radius 2 is 1.12 bits per heavy atom. The van der Waals surface area contributed by atoms with E-state index < -0.39 is 51.1 Å². The predicted molar refractivity (Wildman–Crippen MR) is 198 cm³/mol. The number of carboxylic acids is 1. The number of hydrogen-bond acceptors (Lipinski definition) is 9. The van der Waals surface area contributed by atoms with Gasteiger partial charge in [-0.25, -0.2) is 4.57 Å². The number of phosphoric ester groups is 1. The SMILES string of the molecule is CC/C=C\C/C=C\C/C=C\C/C=C\CCCCC(=O)OC(COC(=O)CCCCCCC/C=C\CCCC)COP(=O)(O)OCC(N)C(=O)O. The number of unbranched alkanes of at least 4 members (excludes halogenated alkanes) is 9. The fourth-order valence-corrected chi connectivity index (χ4v) is 5.11. The Bertz CT molecular complexity index is 1090. The number of aliphatic carboxylic acids is 1. The van der Waals surface area contributed by atoms with Gasteiger partial charge in [0, 0.05) is 12.8 Å². The molecule has 0 saturated carbocycles. The first-order valence-electron chi connectivity index (χ1n) is 18.3. The van der Waals surface area contributed by atoms with Crippen molar-refractivity contribution in [1.82, 2.24) is 0 Å². The second kappa shape index (κ2) is 33.3. The zero-order valence-electron chi connectivity index (χ0n) is 30.5. The molecule has 0 spiro atoms. The van der Waals surface area contributed by atoms with Gasteiger partial charge in [-0.3, -0.25) is 23.4 Å². The van der Waals surface area contributed by atoms with Crippen molar-refractivity contribution in [2.45, 2.75) is 142 Å². The summed E-state index contributed by atoms with van der Waals surface area (Å²) < 4.78 is 32.4. The van der Waals surface area contributed by atoms with Crippen molar-refractivity contribution in [3.05, 3.63) is 60.8 Å². The number of hydrogen-bond donors (Lipinski definition) is 3. The van der Waals surface area contributed by atoms with Gasteiger partial charge in [0.15, 0.2) is 6.10 Å². The van der Waals surface area contributed by atoms with Gasteiger partial charge >= 0.3 is 25.7 Å². The number of carboxylic acid groups (broad SMARTS) is 1. The molecular formula is C38H64NO10P. The highest BCUT2D eigenvalue weighted by Crippen LogP contribution is 2.43. The van der Waals surface area contributed by atoms with Crippen LogP contribution in [0.15, 0.2) is 60.8 Å². The molecule has 0 fully saturated rings. The van der Waals surface area contributed by atoms with Gasteiger partial charge in [-0.05, 0) is 70.6 Å². The van der Waals surface area contributed by atoms with Crippen LogP contribution in [0.2, 0.25) is 0 Å². The lowest BCUT2D eigenvalue weighted by Gasteiger charge is -2.20. The third kappa shape index (κ3) is 32.4. The van der Waals surface area contributed by atoms with E-state index >= 15 is 0 Å². The highest BCUT2D eigenvalue weighted by molar-refractivity contribution is 7.47. The molecule has 0 bridgehead atoms. The fourth-order valence-electron chi connectivity index (χ4n) is 4.33. The second-order valence-electron chi connectivity index (χ2n) is 12.0. The Kier molecular flexibility index (Phi) is 31.5. The summed E-state index contributed by atoms with van der Waals surface area (Å²) in [6, 6.07) is -1.53. The Morgan fingerprint density at radius 3 is 1.74 bits per heavy atom. The van der Waals surface area contributed by atoms with Crippen LogP contribution in [0.25, 0.3) is 0 Å². The Morgan fingerprint density at radius 1 is 0.640 bits per heavy atom. The Balaban J connectivity index is 4.57. The Labute approximate surface area is 300 Å². The van der Waals surface area contributed by atoms with Gasteiger partial charge in [-0.15, -0.1) is 0 Å². The van der Waals surface area contributed by atoms with E-state index in [1.807, 2.05) is 0 Å². The maximum Gasteiger partial charge on any atom is 0.472 e.